The molecule has 1 N–H and O–H groups in total. The Morgan fingerprint density at radius 1 is 1.29 bits per heavy atom. The number of carbonyl (C=O) groups is 1. The first-order valence-electron chi connectivity index (χ1n) is 7.72. The van der Waals surface area contributed by atoms with Crippen LogP contribution < -0.4 is 10.1 Å². The molecule has 1 heterocycles. The Hall–Kier alpha value is -2.47. The maximum absolute atomic E-state index is 12.8. The van der Waals surface area contributed by atoms with Crippen molar-refractivity contribution in [1.29, 1.82) is 0 Å². The second-order valence-corrected chi connectivity index (χ2v) is 5.82. The number of nitrogens with one attached hydrogen (secondary N) is 1. The Bertz CT molecular complexity index is 687. The lowest BCUT2D eigenvalue weighted by Crippen LogP contribution is -2.19. The summed E-state index contributed by atoms with van der Waals surface area (Å²) >= 11 is 0. The van der Waals surface area contributed by atoms with Gasteiger partial charge in [0, 0.05) is 17.9 Å². The number of rotatable bonds is 7. The minimum Gasteiger partial charge on any atom is -0.492 e. The molecule has 0 radical (unpaired) electrons. The zero-order chi connectivity index (χ0) is 17.5. The van der Waals surface area contributed by atoms with Gasteiger partial charge in [0.25, 0.3) is 0 Å². The smallest absolute Gasteiger partial charge is 0.230 e. The molecule has 0 saturated carbocycles. The van der Waals surface area contributed by atoms with Gasteiger partial charge in [0.15, 0.2) is 0 Å². The van der Waals surface area contributed by atoms with E-state index >= 15 is 0 Å². The molecule has 0 spiro atoms. The monoisotopic (exact) mass is 331 g/mol. The van der Waals surface area contributed by atoms with E-state index in [1.165, 1.54) is 12.1 Å². The Morgan fingerprint density at radius 2 is 2.08 bits per heavy atom. The highest BCUT2D eigenvalue weighted by atomic mass is 19.1. The van der Waals surface area contributed by atoms with Crippen molar-refractivity contribution < 1.29 is 13.9 Å². The number of likely N-dealkylation sites (N-methyl/N-ethyl adjacent to an activating group) is 1. The first-order chi connectivity index (χ1) is 11.4. The Kier molecular flexibility index (Phi) is 6.26. The summed E-state index contributed by atoms with van der Waals surface area (Å²) < 4.78 is 18.5. The van der Waals surface area contributed by atoms with Gasteiger partial charge in [0.1, 0.15) is 18.2 Å². The summed E-state index contributed by atoms with van der Waals surface area (Å²) in [6.45, 7) is 3.35. The summed E-state index contributed by atoms with van der Waals surface area (Å²) in [5, 5.41) is 2.84. The minimum atomic E-state index is -0.417. The molecule has 0 fully saturated rings. The van der Waals surface area contributed by atoms with Crippen molar-refractivity contribution in [1.82, 2.24) is 9.88 Å². The number of hydrogen-bond acceptors (Lipinski definition) is 4. The number of ether oxygens (including phenoxy) is 1. The standard InChI is InChI=1S/C18H22FN3O2/c1-13-10-16(24-9-8-22(2)3)6-7-17(13)21-18(23)11-15-5-4-14(19)12-20-15/h4-7,10,12H,8-9,11H2,1-3H3,(H,21,23). The van der Waals surface area contributed by atoms with Gasteiger partial charge in [-0.25, -0.2) is 4.39 Å². The third kappa shape index (κ3) is 5.62. The van der Waals surface area contributed by atoms with Gasteiger partial charge in [-0.2, -0.15) is 0 Å². The summed E-state index contributed by atoms with van der Waals surface area (Å²) in [5.41, 5.74) is 2.16. The average molecular weight is 331 g/mol. The molecular weight excluding hydrogens is 309 g/mol. The van der Waals surface area contributed by atoms with Crippen molar-refractivity contribution in [2.45, 2.75) is 13.3 Å². The molecule has 0 aliphatic carbocycles. The topological polar surface area (TPSA) is 54.5 Å². The van der Waals surface area contributed by atoms with Gasteiger partial charge in [0.05, 0.1) is 12.6 Å². The first-order valence-corrected chi connectivity index (χ1v) is 7.72. The zero-order valence-corrected chi connectivity index (χ0v) is 14.2. The van der Waals surface area contributed by atoms with Gasteiger partial charge in [-0.05, 0) is 56.9 Å². The van der Waals surface area contributed by atoms with Crippen molar-refractivity contribution >= 4 is 11.6 Å². The summed E-state index contributed by atoms with van der Waals surface area (Å²) in [7, 11) is 3.98. The highest BCUT2D eigenvalue weighted by molar-refractivity contribution is 5.92. The predicted octanol–water partition coefficient (Wildman–Crippen LogP) is 2.65. The number of amides is 1. The minimum absolute atomic E-state index is 0.0980. The lowest BCUT2D eigenvalue weighted by atomic mass is 10.1. The van der Waals surface area contributed by atoms with E-state index < -0.39 is 5.82 Å². The maximum Gasteiger partial charge on any atom is 0.230 e. The molecule has 0 aliphatic rings. The van der Waals surface area contributed by atoms with Crippen LogP contribution in [-0.2, 0) is 11.2 Å². The van der Waals surface area contributed by atoms with E-state index in [2.05, 4.69) is 10.3 Å². The number of aromatic nitrogens is 1. The van der Waals surface area contributed by atoms with Crippen LogP contribution in [0.4, 0.5) is 10.1 Å². The van der Waals surface area contributed by atoms with E-state index in [9.17, 15) is 9.18 Å². The molecule has 1 aromatic heterocycles. The van der Waals surface area contributed by atoms with Crippen LogP contribution in [0.25, 0.3) is 0 Å². The van der Waals surface area contributed by atoms with Gasteiger partial charge in [-0.1, -0.05) is 0 Å². The number of nitrogens with zero attached hydrogens (tertiary/aromatic N) is 2. The quantitative estimate of drug-likeness (QED) is 0.847. The van der Waals surface area contributed by atoms with Crippen molar-refractivity contribution in [2.24, 2.45) is 0 Å². The van der Waals surface area contributed by atoms with E-state index in [0.29, 0.717) is 12.3 Å². The van der Waals surface area contributed by atoms with Crippen LogP contribution >= 0.6 is 0 Å². The van der Waals surface area contributed by atoms with Crippen molar-refractivity contribution in [3.8, 4) is 5.75 Å². The van der Waals surface area contributed by atoms with Crippen molar-refractivity contribution in [2.75, 3.05) is 32.6 Å². The number of benzene rings is 1. The van der Waals surface area contributed by atoms with Gasteiger partial charge in [0.2, 0.25) is 5.91 Å². The fourth-order valence-corrected chi connectivity index (χ4v) is 2.08. The van der Waals surface area contributed by atoms with Crippen molar-refractivity contribution in [3.63, 3.8) is 0 Å². The van der Waals surface area contributed by atoms with Crippen LogP contribution in [0.5, 0.6) is 5.75 Å². The predicted molar refractivity (Wildman–Crippen MR) is 91.8 cm³/mol. The lowest BCUT2D eigenvalue weighted by molar-refractivity contribution is -0.115. The summed E-state index contributed by atoms with van der Waals surface area (Å²) in [6, 6.07) is 8.33. The molecule has 0 bridgehead atoms. The third-order valence-corrected chi connectivity index (χ3v) is 3.41. The van der Waals surface area contributed by atoms with Crippen LogP contribution in [-0.4, -0.2) is 43.0 Å². The second-order valence-electron chi connectivity index (χ2n) is 5.82. The third-order valence-electron chi connectivity index (χ3n) is 3.41. The van der Waals surface area contributed by atoms with Crippen LogP contribution in [0, 0.1) is 12.7 Å². The maximum atomic E-state index is 12.8. The molecule has 24 heavy (non-hydrogen) atoms. The van der Waals surface area contributed by atoms with Crippen molar-refractivity contribution in [3.05, 3.63) is 53.6 Å². The number of carbonyl (C=O) groups excluding carboxylic acids is 1. The van der Waals surface area contributed by atoms with Crippen LogP contribution in [0.3, 0.4) is 0 Å². The summed E-state index contributed by atoms with van der Waals surface area (Å²) in [6.07, 6.45) is 1.20. The van der Waals surface area contributed by atoms with Crippen LogP contribution in [0.15, 0.2) is 36.5 Å². The molecule has 0 aliphatic heterocycles. The number of halogens is 1. The molecule has 0 saturated heterocycles. The van der Waals surface area contributed by atoms with E-state index in [-0.39, 0.29) is 12.3 Å². The fraction of sp³-hybridized carbons (Fsp3) is 0.333. The number of hydrogen-bond donors (Lipinski definition) is 1. The Balaban J connectivity index is 1.92. The fourth-order valence-electron chi connectivity index (χ4n) is 2.08. The number of anilines is 1. The second kappa shape index (κ2) is 8.40. The molecule has 6 heteroatoms. The molecule has 1 aromatic carbocycles. The largest absolute Gasteiger partial charge is 0.492 e. The first kappa shape index (κ1) is 17.9. The molecule has 2 aromatic rings. The van der Waals surface area contributed by atoms with E-state index in [0.717, 1.165) is 29.7 Å². The van der Waals surface area contributed by atoms with Gasteiger partial charge in [-0.15, -0.1) is 0 Å². The molecule has 1 amide bonds. The molecule has 0 atom stereocenters. The molecule has 5 nitrogen and oxygen atoms in total. The molecule has 2 rings (SSSR count). The van der Waals surface area contributed by atoms with E-state index in [1.807, 2.05) is 44.1 Å². The van der Waals surface area contributed by atoms with Crippen LogP contribution in [0.2, 0.25) is 0 Å². The number of aryl methyl sites for hydroxylation is 1. The lowest BCUT2D eigenvalue weighted by Gasteiger charge is -2.13. The Morgan fingerprint density at radius 3 is 2.71 bits per heavy atom. The van der Waals surface area contributed by atoms with Gasteiger partial charge < -0.3 is 15.0 Å². The highest BCUT2D eigenvalue weighted by Gasteiger charge is 2.08. The zero-order valence-electron chi connectivity index (χ0n) is 14.2. The van der Waals surface area contributed by atoms with E-state index in [1.54, 1.807) is 0 Å². The normalized spacial score (nSPS) is 10.7. The number of pyridine rings is 1. The van der Waals surface area contributed by atoms with E-state index in [4.69, 9.17) is 4.74 Å². The molecule has 0 unspecified atom stereocenters. The summed E-state index contributed by atoms with van der Waals surface area (Å²) in [5.74, 6) is 0.158. The summed E-state index contributed by atoms with van der Waals surface area (Å²) in [4.78, 5) is 18.0. The highest BCUT2D eigenvalue weighted by Crippen LogP contribution is 2.21. The van der Waals surface area contributed by atoms with Crippen LogP contribution in [0.1, 0.15) is 11.3 Å². The van der Waals surface area contributed by atoms with Gasteiger partial charge >= 0.3 is 0 Å². The van der Waals surface area contributed by atoms with Gasteiger partial charge in [-0.3, -0.25) is 9.78 Å². The Labute approximate surface area is 141 Å². The average Bonchev–Trinajstić information content (AvgIpc) is 2.52. The molecule has 128 valence electrons. The molecular formula is C18H22FN3O2. The SMILES string of the molecule is Cc1cc(OCCN(C)C)ccc1NC(=O)Cc1ccc(F)cn1.